The average molecular weight is 291 g/mol. The second kappa shape index (κ2) is 6.84. The number of ether oxygens (including phenoxy) is 1. The van der Waals surface area contributed by atoms with Crippen LogP contribution in [0, 0.1) is 11.3 Å². The van der Waals surface area contributed by atoms with E-state index in [1.807, 2.05) is 20.8 Å². The Morgan fingerprint density at radius 1 is 1.53 bits per heavy atom. The largest absolute Gasteiger partial charge is 0.394 e. The number of nitrogens with two attached hydrogens (primary N) is 1. The van der Waals surface area contributed by atoms with Crippen LogP contribution in [-0.2, 0) is 4.74 Å². The summed E-state index contributed by atoms with van der Waals surface area (Å²) in [5.74, 6) is 0.173. The van der Waals surface area contributed by atoms with Crippen LogP contribution in [0.15, 0.2) is 0 Å². The van der Waals surface area contributed by atoms with Gasteiger partial charge in [0.25, 0.3) is 0 Å². The molecule has 0 aliphatic carbocycles. The van der Waals surface area contributed by atoms with E-state index in [4.69, 9.17) is 15.9 Å². The average Bonchev–Trinajstić information content (AvgIpc) is 2.34. The summed E-state index contributed by atoms with van der Waals surface area (Å²) in [7, 11) is 2.61. The summed E-state index contributed by atoms with van der Waals surface area (Å²) >= 11 is 0. The van der Waals surface area contributed by atoms with Crippen molar-refractivity contribution in [2.75, 3.05) is 13.2 Å². The lowest BCUT2D eigenvalue weighted by atomic mass is 9.88. The van der Waals surface area contributed by atoms with Crippen LogP contribution in [0.1, 0.15) is 20.8 Å². The van der Waals surface area contributed by atoms with Crippen LogP contribution in [0.4, 0.5) is 0 Å². The highest BCUT2D eigenvalue weighted by atomic mass is 31.0. The molecule has 1 aliphatic rings. The van der Waals surface area contributed by atoms with Gasteiger partial charge in [0.15, 0.2) is 5.96 Å². The third-order valence-corrected chi connectivity index (χ3v) is 4.47. The van der Waals surface area contributed by atoms with E-state index in [1.165, 1.54) is 0 Å². The number of likely N-dealkylation sites (N-methyl/N-ethyl adjacent to an activating group) is 1. The van der Waals surface area contributed by atoms with E-state index in [0.29, 0.717) is 6.54 Å². The Balaban J connectivity index is 3.05. The Bertz CT molecular complexity index is 317. The van der Waals surface area contributed by atoms with E-state index in [9.17, 15) is 10.2 Å². The summed E-state index contributed by atoms with van der Waals surface area (Å²) in [6.07, 6.45) is -1.56. The van der Waals surface area contributed by atoms with Gasteiger partial charge in [-0.05, 0) is 12.8 Å². The highest BCUT2D eigenvalue weighted by Crippen LogP contribution is 2.33. The first-order valence-corrected chi connectivity index (χ1v) is 7.32. The standard InChI is InChI=1S/C12H26N3O3P/c1-4-15(12(13)14)8-10(6(2)3)18-7(5-16)9(17)11(8)19/h6-11,16-17H,4-5,19H2,1-3H3,(H3,13,14). The summed E-state index contributed by atoms with van der Waals surface area (Å²) in [5.41, 5.74) is 5.42. The van der Waals surface area contributed by atoms with Gasteiger partial charge in [-0.15, -0.1) is 9.24 Å². The molecule has 7 heteroatoms. The molecule has 1 aliphatic heterocycles. The van der Waals surface area contributed by atoms with Gasteiger partial charge in [-0.25, -0.2) is 0 Å². The molecule has 0 aromatic heterocycles. The zero-order chi connectivity index (χ0) is 14.7. The smallest absolute Gasteiger partial charge is 0.188 e. The quantitative estimate of drug-likeness (QED) is 0.320. The number of aliphatic hydroxyl groups is 2. The summed E-state index contributed by atoms with van der Waals surface area (Å²) in [6.45, 7) is 6.33. The highest BCUT2D eigenvalue weighted by molar-refractivity contribution is 7.17. The molecule has 0 spiro atoms. The molecular weight excluding hydrogens is 265 g/mol. The monoisotopic (exact) mass is 291 g/mol. The van der Waals surface area contributed by atoms with Crippen LogP contribution in [0.5, 0.6) is 0 Å². The fraction of sp³-hybridized carbons (Fsp3) is 0.917. The number of rotatable bonds is 4. The maximum absolute atomic E-state index is 10.2. The topological polar surface area (TPSA) is 103 Å². The van der Waals surface area contributed by atoms with Crippen LogP contribution in [0.3, 0.4) is 0 Å². The van der Waals surface area contributed by atoms with E-state index in [2.05, 4.69) is 9.24 Å². The summed E-state index contributed by atoms with van der Waals surface area (Å²) in [4.78, 5) is 1.74. The first kappa shape index (κ1) is 16.6. The van der Waals surface area contributed by atoms with E-state index < -0.39 is 12.2 Å². The summed E-state index contributed by atoms with van der Waals surface area (Å²) in [5, 5.41) is 27.2. The number of hydrogen-bond donors (Lipinski definition) is 4. The van der Waals surface area contributed by atoms with Gasteiger partial charge in [0.2, 0.25) is 0 Å². The van der Waals surface area contributed by atoms with Crippen LogP contribution in [0.25, 0.3) is 0 Å². The maximum atomic E-state index is 10.2. The minimum Gasteiger partial charge on any atom is -0.394 e. The van der Waals surface area contributed by atoms with Crippen LogP contribution >= 0.6 is 9.24 Å². The molecule has 0 bridgehead atoms. The van der Waals surface area contributed by atoms with Gasteiger partial charge in [-0.1, -0.05) is 13.8 Å². The van der Waals surface area contributed by atoms with Crippen molar-refractivity contribution in [1.29, 1.82) is 5.41 Å². The van der Waals surface area contributed by atoms with Crippen molar-refractivity contribution in [3.8, 4) is 0 Å². The Hall–Kier alpha value is -0.420. The van der Waals surface area contributed by atoms with Crippen molar-refractivity contribution in [2.45, 2.75) is 50.8 Å². The van der Waals surface area contributed by atoms with Crippen molar-refractivity contribution in [3.63, 3.8) is 0 Å². The van der Waals surface area contributed by atoms with Crippen molar-refractivity contribution in [2.24, 2.45) is 11.7 Å². The van der Waals surface area contributed by atoms with Crippen molar-refractivity contribution in [1.82, 2.24) is 4.90 Å². The number of hydrogen-bond acceptors (Lipinski definition) is 4. The lowest BCUT2D eigenvalue weighted by Crippen LogP contribution is -2.65. The Labute approximate surface area is 117 Å². The molecule has 1 fully saturated rings. The molecule has 1 heterocycles. The second-order valence-corrected chi connectivity index (χ2v) is 6.07. The van der Waals surface area contributed by atoms with Crippen LogP contribution in [-0.4, -0.2) is 64.2 Å². The Morgan fingerprint density at radius 3 is 2.47 bits per heavy atom. The molecule has 0 aromatic rings. The number of guanidine groups is 1. The summed E-state index contributed by atoms with van der Waals surface area (Å²) in [6, 6.07) is -0.190. The molecule has 1 rings (SSSR count). The van der Waals surface area contributed by atoms with Gasteiger partial charge in [0, 0.05) is 12.2 Å². The Kier molecular flexibility index (Phi) is 5.99. The van der Waals surface area contributed by atoms with E-state index in [0.717, 1.165) is 0 Å². The van der Waals surface area contributed by atoms with Gasteiger partial charge >= 0.3 is 0 Å². The lowest BCUT2D eigenvalue weighted by Gasteiger charge is -2.49. The second-order valence-electron chi connectivity index (χ2n) is 5.30. The van der Waals surface area contributed by atoms with Gasteiger partial charge in [-0.3, -0.25) is 5.41 Å². The molecule has 6 unspecified atom stereocenters. The van der Waals surface area contributed by atoms with Crippen molar-refractivity contribution in [3.05, 3.63) is 0 Å². The normalized spacial score (nSPS) is 35.4. The molecule has 0 aromatic carbocycles. The lowest BCUT2D eigenvalue weighted by molar-refractivity contribution is -0.167. The van der Waals surface area contributed by atoms with Gasteiger partial charge in [-0.2, -0.15) is 0 Å². The third kappa shape index (κ3) is 3.37. The van der Waals surface area contributed by atoms with E-state index in [-0.39, 0.29) is 36.3 Å². The number of nitrogens with zero attached hydrogens (tertiary/aromatic N) is 1. The predicted octanol–water partition coefficient (Wildman–Crippen LogP) is -0.409. The summed E-state index contributed by atoms with van der Waals surface area (Å²) < 4.78 is 5.82. The van der Waals surface area contributed by atoms with Crippen LogP contribution in [0.2, 0.25) is 0 Å². The molecule has 0 amide bonds. The molecule has 112 valence electrons. The minimum atomic E-state index is -0.789. The molecule has 0 saturated carbocycles. The van der Waals surface area contributed by atoms with Gasteiger partial charge in [0.05, 0.1) is 24.9 Å². The van der Waals surface area contributed by atoms with Gasteiger partial charge < -0.3 is 25.6 Å². The first-order valence-electron chi connectivity index (χ1n) is 6.65. The minimum absolute atomic E-state index is 0.0242. The fourth-order valence-corrected chi connectivity index (χ4v) is 3.34. The molecule has 1 saturated heterocycles. The van der Waals surface area contributed by atoms with E-state index >= 15 is 0 Å². The molecule has 6 atom stereocenters. The predicted molar refractivity (Wildman–Crippen MR) is 78.2 cm³/mol. The third-order valence-electron chi connectivity index (χ3n) is 3.69. The van der Waals surface area contributed by atoms with Crippen molar-refractivity contribution >= 4 is 15.2 Å². The number of aliphatic hydroxyl groups excluding tert-OH is 2. The van der Waals surface area contributed by atoms with Gasteiger partial charge in [0.1, 0.15) is 6.10 Å². The molecule has 19 heavy (non-hydrogen) atoms. The molecule has 6 nitrogen and oxygen atoms in total. The zero-order valence-electron chi connectivity index (χ0n) is 11.8. The van der Waals surface area contributed by atoms with E-state index in [1.54, 1.807) is 4.90 Å². The zero-order valence-corrected chi connectivity index (χ0v) is 12.9. The number of nitrogens with one attached hydrogen (secondary N) is 1. The Morgan fingerprint density at radius 2 is 2.11 bits per heavy atom. The molecule has 5 N–H and O–H groups in total. The van der Waals surface area contributed by atoms with Crippen molar-refractivity contribution < 1.29 is 14.9 Å². The fourth-order valence-electron chi connectivity index (χ4n) is 2.66. The molecule has 0 radical (unpaired) electrons. The first-order chi connectivity index (χ1) is 8.84. The molecular formula is C12H26N3O3P. The van der Waals surface area contributed by atoms with Crippen LogP contribution < -0.4 is 5.73 Å². The SMILES string of the molecule is CCN(C(=N)N)C1C(P)C(O)C(CO)OC1C(C)C. The highest BCUT2D eigenvalue weighted by Gasteiger charge is 2.46. The maximum Gasteiger partial charge on any atom is 0.188 e.